The van der Waals surface area contributed by atoms with E-state index in [0.717, 1.165) is 11.3 Å². The van der Waals surface area contributed by atoms with Gasteiger partial charge in [0.2, 0.25) is 0 Å². The Balaban J connectivity index is 1.65. The minimum absolute atomic E-state index is 0.465. The van der Waals surface area contributed by atoms with Crippen LogP contribution in [0.3, 0.4) is 0 Å². The van der Waals surface area contributed by atoms with Gasteiger partial charge in [0.05, 0.1) is 6.54 Å². The van der Waals surface area contributed by atoms with Gasteiger partial charge >= 0.3 is 0 Å². The number of anilines is 1. The predicted octanol–water partition coefficient (Wildman–Crippen LogP) is 3.10. The van der Waals surface area contributed by atoms with Crippen LogP contribution < -0.4 is 11.1 Å². The number of nitrogens with zero attached hydrogens (tertiary/aromatic N) is 1. The Morgan fingerprint density at radius 3 is 2.70 bits per heavy atom. The monoisotopic (exact) mass is 265 g/mol. The maximum atomic E-state index is 5.94. The second-order valence-corrected chi connectivity index (χ2v) is 5.15. The highest BCUT2D eigenvalue weighted by Gasteiger charge is 2.10. The fourth-order valence-electron chi connectivity index (χ4n) is 2.60. The third-order valence-corrected chi connectivity index (χ3v) is 3.65. The van der Waals surface area contributed by atoms with Gasteiger partial charge in [0, 0.05) is 5.69 Å². The van der Waals surface area contributed by atoms with Gasteiger partial charge in [-0.3, -0.25) is 0 Å². The third kappa shape index (κ3) is 2.99. The lowest BCUT2D eigenvalue weighted by atomic mass is 10.1. The summed E-state index contributed by atoms with van der Waals surface area (Å²) in [6.45, 7) is 0.602. The molecule has 0 saturated carbocycles. The van der Waals surface area contributed by atoms with Crippen molar-refractivity contribution < 1.29 is 0 Å². The van der Waals surface area contributed by atoms with Gasteiger partial charge in [-0.2, -0.15) is 0 Å². The van der Waals surface area contributed by atoms with Gasteiger partial charge in [-0.1, -0.05) is 36.4 Å². The summed E-state index contributed by atoms with van der Waals surface area (Å²) in [4.78, 5) is 4.37. The van der Waals surface area contributed by atoms with Crippen molar-refractivity contribution >= 4 is 11.6 Å². The molecule has 2 aromatic carbocycles. The molecule has 3 N–H and O–H groups in total. The maximum absolute atomic E-state index is 5.94. The van der Waals surface area contributed by atoms with E-state index in [2.05, 4.69) is 28.5 Å². The van der Waals surface area contributed by atoms with Crippen molar-refractivity contribution in [2.45, 2.75) is 25.8 Å². The van der Waals surface area contributed by atoms with Crippen molar-refractivity contribution in [1.29, 1.82) is 0 Å². The molecule has 0 aliphatic heterocycles. The average Bonchev–Trinajstić information content (AvgIpc) is 2.94. The summed E-state index contributed by atoms with van der Waals surface area (Å²) in [6, 6.07) is 16.6. The van der Waals surface area contributed by atoms with Crippen molar-refractivity contribution in [3.05, 3.63) is 65.2 Å². The molecule has 0 spiro atoms. The number of nitrogens with one attached hydrogen (secondary N) is 1. The van der Waals surface area contributed by atoms with Crippen LogP contribution in [0.2, 0.25) is 0 Å². The molecular weight excluding hydrogens is 246 g/mol. The molecule has 3 nitrogen and oxygen atoms in total. The number of benzene rings is 2. The SMILES string of the molecule is NC(=NCc1ccccc1)Nc1ccc2c(c1)CCC2. The van der Waals surface area contributed by atoms with E-state index >= 15 is 0 Å². The number of guanidine groups is 1. The van der Waals surface area contributed by atoms with Crippen LogP contribution in [0.5, 0.6) is 0 Å². The molecular formula is C17H19N3. The van der Waals surface area contributed by atoms with Crippen molar-refractivity contribution in [2.75, 3.05) is 5.32 Å². The lowest BCUT2D eigenvalue weighted by Gasteiger charge is -2.08. The summed E-state index contributed by atoms with van der Waals surface area (Å²) in [5, 5.41) is 3.17. The first-order chi connectivity index (χ1) is 9.81. The molecule has 102 valence electrons. The zero-order valence-corrected chi connectivity index (χ0v) is 11.5. The molecule has 0 unspecified atom stereocenters. The van der Waals surface area contributed by atoms with E-state index in [1.807, 2.05) is 30.3 Å². The molecule has 0 atom stereocenters. The van der Waals surface area contributed by atoms with Gasteiger partial charge in [-0.15, -0.1) is 0 Å². The highest BCUT2D eigenvalue weighted by molar-refractivity contribution is 5.92. The fourth-order valence-corrected chi connectivity index (χ4v) is 2.60. The number of aliphatic imine (C=N–C) groups is 1. The Labute approximate surface area is 119 Å². The van der Waals surface area contributed by atoms with E-state index in [1.54, 1.807) is 0 Å². The minimum Gasteiger partial charge on any atom is -0.370 e. The second-order valence-electron chi connectivity index (χ2n) is 5.15. The standard InChI is InChI=1S/C17H19N3/c18-17(19-12-13-5-2-1-3-6-13)20-16-10-9-14-7-4-8-15(14)11-16/h1-3,5-6,9-11H,4,7-8,12H2,(H3,18,19,20). The summed E-state index contributed by atoms with van der Waals surface area (Å²) < 4.78 is 0. The van der Waals surface area contributed by atoms with Crippen LogP contribution in [0.4, 0.5) is 5.69 Å². The Kier molecular flexibility index (Phi) is 3.68. The summed E-state index contributed by atoms with van der Waals surface area (Å²) in [6.07, 6.45) is 3.63. The first kappa shape index (κ1) is 12.7. The summed E-state index contributed by atoms with van der Waals surface area (Å²) in [5.74, 6) is 0.465. The molecule has 0 heterocycles. The van der Waals surface area contributed by atoms with Gasteiger partial charge in [-0.25, -0.2) is 4.99 Å². The van der Waals surface area contributed by atoms with E-state index in [9.17, 15) is 0 Å². The molecule has 3 heteroatoms. The first-order valence-electron chi connectivity index (χ1n) is 7.04. The quantitative estimate of drug-likeness (QED) is 0.662. The molecule has 20 heavy (non-hydrogen) atoms. The number of aryl methyl sites for hydroxylation is 2. The number of hydrogen-bond acceptors (Lipinski definition) is 1. The first-order valence-corrected chi connectivity index (χ1v) is 7.04. The third-order valence-electron chi connectivity index (χ3n) is 3.65. The van der Waals surface area contributed by atoms with Crippen molar-refractivity contribution in [1.82, 2.24) is 0 Å². The molecule has 1 aliphatic rings. The molecule has 0 bridgehead atoms. The van der Waals surface area contributed by atoms with Gasteiger partial charge < -0.3 is 11.1 Å². The molecule has 0 aromatic heterocycles. The van der Waals surface area contributed by atoms with Crippen molar-refractivity contribution in [3.63, 3.8) is 0 Å². The Morgan fingerprint density at radius 2 is 1.85 bits per heavy atom. The lowest BCUT2D eigenvalue weighted by molar-refractivity contribution is 0.912. The fraction of sp³-hybridized carbons (Fsp3) is 0.235. The number of nitrogens with two attached hydrogens (primary N) is 1. The molecule has 0 fully saturated rings. The van der Waals surface area contributed by atoms with Gasteiger partial charge in [0.25, 0.3) is 0 Å². The molecule has 2 aromatic rings. The zero-order valence-electron chi connectivity index (χ0n) is 11.5. The largest absolute Gasteiger partial charge is 0.370 e. The summed E-state index contributed by atoms with van der Waals surface area (Å²) in [7, 11) is 0. The number of hydrogen-bond donors (Lipinski definition) is 2. The van der Waals surface area contributed by atoms with Crippen molar-refractivity contribution in [3.8, 4) is 0 Å². The number of fused-ring (bicyclic) bond motifs is 1. The molecule has 0 amide bonds. The van der Waals surface area contributed by atoms with E-state index < -0.39 is 0 Å². The van der Waals surface area contributed by atoms with E-state index in [1.165, 1.54) is 30.4 Å². The Hall–Kier alpha value is -2.29. The Morgan fingerprint density at radius 1 is 1.05 bits per heavy atom. The molecule has 0 radical (unpaired) electrons. The van der Waals surface area contributed by atoms with Crippen LogP contribution in [-0.4, -0.2) is 5.96 Å². The van der Waals surface area contributed by atoms with Crippen molar-refractivity contribution in [2.24, 2.45) is 10.7 Å². The second kappa shape index (κ2) is 5.78. The van der Waals surface area contributed by atoms with Gasteiger partial charge in [-0.05, 0) is 48.1 Å². The maximum Gasteiger partial charge on any atom is 0.193 e. The molecule has 1 aliphatic carbocycles. The van der Waals surface area contributed by atoms with Crippen LogP contribution in [0.1, 0.15) is 23.1 Å². The minimum atomic E-state index is 0.465. The summed E-state index contributed by atoms with van der Waals surface area (Å²) >= 11 is 0. The molecule has 0 saturated heterocycles. The smallest absolute Gasteiger partial charge is 0.193 e. The highest BCUT2D eigenvalue weighted by atomic mass is 15.1. The van der Waals surface area contributed by atoms with Crippen LogP contribution in [0.15, 0.2) is 53.5 Å². The van der Waals surface area contributed by atoms with Crippen LogP contribution >= 0.6 is 0 Å². The highest BCUT2D eigenvalue weighted by Crippen LogP contribution is 2.24. The van der Waals surface area contributed by atoms with Gasteiger partial charge in [0.1, 0.15) is 0 Å². The normalized spacial score (nSPS) is 14.1. The van der Waals surface area contributed by atoms with Crippen LogP contribution in [0, 0.1) is 0 Å². The zero-order chi connectivity index (χ0) is 13.8. The van der Waals surface area contributed by atoms with Gasteiger partial charge in [0.15, 0.2) is 5.96 Å². The summed E-state index contributed by atoms with van der Waals surface area (Å²) in [5.41, 5.74) is 11.0. The lowest BCUT2D eigenvalue weighted by Crippen LogP contribution is -2.22. The molecule has 3 rings (SSSR count). The topological polar surface area (TPSA) is 50.4 Å². The van der Waals surface area contributed by atoms with E-state index in [-0.39, 0.29) is 0 Å². The number of rotatable bonds is 3. The predicted molar refractivity (Wildman–Crippen MR) is 83.9 cm³/mol. The Bertz CT molecular complexity index is 617. The average molecular weight is 265 g/mol. The van der Waals surface area contributed by atoms with Crippen LogP contribution in [0.25, 0.3) is 0 Å². The van der Waals surface area contributed by atoms with E-state index in [4.69, 9.17) is 5.73 Å². The van der Waals surface area contributed by atoms with Crippen LogP contribution in [-0.2, 0) is 19.4 Å². The van der Waals surface area contributed by atoms with E-state index in [0.29, 0.717) is 12.5 Å².